The van der Waals surface area contributed by atoms with Gasteiger partial charge in [-0.2, -0.15) is 5.10 Å². The van der Waals surface area contributed by atoms with Crippen LogP contribution in [0.2, 0.25) is 10.0 Å². The van der Waals surface area contributed by atoms with Crippen molar-refractivity contribution in [3.05, 3.63) is 63.6 Å². The Balaban J connectivity index is 2.19. The number of nitrogens with zero attached hydrogens (tertiary/aromatic N) is 1. The number of hydrogen-bond donors (Lipinski definition) is 2. The topological polar surface area (TPSA) is 50.4 Å². The van der Waals surface area contributed by atoms with Crippen molar-refractivity contribution >= 4 is 34.7 Å². The number of anilines is 1. The van der Waals surface area contributed by atoms with E-state index >= 15 is 0 Å². The molecule has 0 aliphatic heterocycles. The van der Waals surface area contributed by atoms with Crippen molar-refractivity contribution in [3.63, 3.8) is 0 Å². The zero-order valence-electron chi connectivity index (χ0n) is 12.8. The molecule has 116 valence electrons. The predicted molar refractivity (Wildman–Crippen MR) is 96.0 cm³/mol. The molecule has 0 bridgehead atoms. The van der Waals surface area contributed by atoms with Crippen LogP contribution in [0.15, 0.2) is 47.6 Å². The third kappa shape index (κ3) is 3.93. The molecule has 0 amide bonds. The summed E-state index contributed by atoms with van der Waals surface area (Å²) in [6, 6.07) is 13.3. The van der Waals surface area contributed by atoms with Crippen LogP contribution >= 0.6 is 23.2 Å². The van der Waals surface area contributed by atoms with Crippen molar-refractivity contribution < 1.29 is 0 Å². The van der Waals surface area contributed by atoms with E-state index in [4.69, 9.17) is 28.9 Å². The first-order valence-electron chi connectivity index (χ1n) is 6.93. The van der Waals surface area contributed by atoms with Crippen LogP contribution < -0.4 is 11.2 Å². The van der Waals surface area contributed by atoms with E-state index in [1.165, 1.54) is 5.56 Å². The van der Waals surface area contributed by atoms with Crippen LogP contribution in [0.4, 0.5) is 5.69 Å². The number of benzene rings is 2. The number of nitrogens with one attached hydrogen (secondary N) is 1. The first kappa shape index (κ1) is 16.7. The smallest absolute Gasteiger partial charge is 0.150 e. The van der Waals surface area contributed by atoms with Gasteiger partial charge in [0.2, 0.25) is 0 Å². The molecule has 22 heavy (non-hydrogen) atoms. The summed E-state index contributed by atoms with van der Waals surface area (Å²) in [7, 11) is 0. The Morgan fingerprint density at radius 1 is 1.00 bits per heavy atom. The van der Waals surface area contributed by atoms with Gasteiger partial charge in [0.05, 0.1) is 15.7 Å². The molecule has 0 saturated carbocycles. The Bertz CT molecular complexity index is 666. The number of halogens is 2. The summed E-state index contributed by atoms with van der Waals surface area (Å²) >= 11 is 12.1. The average Bonchev–Trinajstić information content (AvgIpc) is 2.46. The third-order valence-corrected chi connectivity index (χ3v) is 3.93. The van der Waals surface area contributed by atoms with Gasteiger partial charge in [-0.25, -0.2) is 0 Å². The summed E-state index contributed by atoms with van der Waals surface area (Å²) in [4.78, 5) is 0. The maximum atomic E-state index is 6.07. The molecule has 5 heteroatoms. The first-order valence-corrected chi connectivity index (χ1v) is 7.69. The Hall–Kier alpha value is -1.71. The van der Waals surface area contributed by atoms with Crippen LogP contribution in [-0.2, 0) is 5.41 Å². The quantitative estimate of drug-likeness (QED) is 0.469. The van der Waals surface area contributed by atoms with Gasteiger partial charge in [0.25, 0.3) is 0 Å². The molecule has 0 aliphatic carbocycles. The van der Waals surface area contributed by atoms with Gasteiger partial charge in [-0.3, -0.25) is 5.43 Å². The van der Waals surface area contributed by atoms with Gasteiger partial charge in [0, 0.05) is 5.56 Å². The van der Waals surface area contributed by atoms with Crippen LogP contribution in [0.5, 0.6) is 0 Å². The minimum absolute atomic E-state index is 0.105. The van der Waals surface area contributed by atoms with Crippen LogP contribution in [0.1, 0.15) is 31.9 Å². The Labute approximate surface area is 141 Å². The SMILES string of the molecule is CC(C)(C)c1ccc(/C(N)=N/Nc2c(Cl)cccc2Cl)cc1. The highest BCUT2D eigenvalue weighted by Crippen LogP contribution is 2.29. The lowest BCUT2D eigenvalue weighted by molar-refractivity contribution is 0.590. The van der Waals surface area contributed by atoms with Crippen LogP contribution in [-0.4, -0.2) is 5.84 Å². The van der Waals surface area contributed by atoms with Gasteiger partial charge >= 0.3 is 0 Å². The molecule has 2 rings (SSSR count). The molecule has 0 aliphatic rings. The number of amidine groups is 1. The fourth-order valence-electron chi connectivity index (χ4n) is 1.93. The highest BCUT2D eigenvalue weighted by atomic mass is 35.5. The second kappa shape index (κ2) is 6.59. The van der Waals surface area contributed by atoms with Crippen LogP contribution in [0.3, 0.4) is 0 Å². The fourth-order valence-corrected chi connectivity index (χ4v) is 2.41. The molecule has 0 unspecified atom stereocenters. The van der Waals surface area contributed by atoms with Crippen molar-refractivity contribution in [3.8, 4) is 0 Å². The summed E-state index contributed by atoms with van der Waals surface area (Å²) in [5.41, 5.74) is 11.6. The van der Waals surface area contributed by atoms with E-state index < -0.39 is 0 Å². The van der Waals surface area contributed by atoms with Gasteiger partial charge in [-0.05, 0) is 23.1 Å². The fraction of sp³-hybridized carbons (Fsp3) is 0.235. The van der Waals surface area contributed by atoms with Crippen molar-refractivity contribution in [2.45, 2.75) is 26.2 Å². The lowest BCUT2D eigenvalue weighted by Gasteiger charge is -2.19. The van der Waals surface area contributed by atoms with E-state index in [0.717, 1.165) is 5.56 Å². The molecule has 2 aromatic carbocycles. The standard InChI is InChI=1S/C17H19Cl2N3/c1-17(2,3)12-9-7-11(8-10-12)16(20)22-21-15-13(18)5-4-6-14(15)19/h4-10,21H,1-3H3,(H2,20,22). The molecule has 0 fully saturated rings. The first-order chi connectivity index (χ1) is 10.3. The van der Waals surface area contributed by atoms with Gasteiger partial charge in [-0.1, -0.05) is 74.3 Å². The summed E-state index contributed by atoms with van der Waals surface area (Å²) in [6.07, 6.45) is 0. The van der Waals surface area contributed by atoms with Gasteiger partial charge in [0.15, 0.2) is 5.84 Å². The van der Waals surface area contributed by atoms with E-state index in [-0.39, 0.29) is 5.41 Å². The highest BCUT2D eigenvalue weighted by molar-refractivity contribution is 6.39. The number of nitrogens with two attached hydrogens (primary N) is 1. The second-order valence-corrected chi connectivity index (χ2v) is 6.85. The molecule has 3 nitrogen and oxygen atoms in total. The number of hydrazone groups is 1. The zero-order chi connectivity index (χ0) is 16.3. The van der Waals surface area contributed by atoms with Crippen LogP contribution in [0.25, 0.3) is 0 Å². The average molecular weight is 336 g/mol. The molecular weight excluding hydrogens is 317 g/mol. The van der Waals surface area contributed by atoms with E-state index in [0.29, 0.717) is 21.6 Å². The molecular formula is C17H19Cl2N3. The van der Waals surface area contributed by atoms with Crippen molar-refractivity contribution in [2.75, 3.05) is 5.43 Å². The summed E-state index contributed by atoms with van der Waals surface area (Å²) in [5.74, 6) is 0.372. The number of rotatable bonds is 3. The lowest BCUT2D eigenvalue weighted by atomic mass is 9.87. The summed E-state index contributed by atoms with van der Waals surface area (Å²) < 4.78 is 0. The third-order valence-electron chi connectivity index (χ3n) is 3.30. The Kier molecular flexibility index (Phi) is 4.99. The molecule has 0 spiro atoms. The molecule has 0 radical (unpaired) electrons. The van der Waals surface area contributed by atoms with Crippen molar-refractivity contribution in [1.29, 1.82) is 0 Å². The van der Waals surface area contributed by atoms with Crippen LogP contribution in [0, 0.1) is 0 Å². The van der Waals surface area contributed by atoms with E-state index in [1.54, 1.807) is 18.2 Å². The summed E-state index contributed by atoms with van der Waals surface area (Å²) in [6.45, 7) is 6.50. The maximum absolute atomic E-state index is 6.07. The van der Waals surface area contributed by atoms with E-state index in [2.05, 4.69) is 43.4 Å². The zero-order valence-corrected chi connectivity index (χ0v) is 14.3. The van der Waals surface area contributed by atoms with Gasteiger partial charge in [-0.15, -0.1) is 0 Å². The van der Waals surface area contributed by atoms with Crippen molar-refractivity contribution in [2.24, 2.45) is 10.8 Å². The largest absolute Gasteiger partial charge is 0.382 e. The number of para-hydroxylation sites is 1. The molecule has 0 atom stereocenters. The highest BCUT2D eigenvalue weighted by Gasteiger charge is 2.13. The maximum Gasteiger partial charge on any atom is 0.150 e. The molecule has 0 heterocycles. The van der Waals surface area contributed by atoms with E-state index in [9.17, 15) is 0 Å². The van der Waals surface area contributed by atoms with E-state index in [1.807, 2.05) is 12.1 Å². The summed E-state index contributed by atoms with van der Waals surface area (Å²) in [5, 5.41) is 5.14. The molecule has 3 N–H and O–H groups in total. The van der Waals surface area contributed by atoms with Gasteiger partial charge in [0.1, 0.15) is 0 Å². The Morgan fingerprint density at radius 3 is 2.05 bits per heavy atom. The molecule has 2 aromatic rings. The monoisotopic (exact) mass is 335 g/mol. The normalized spacial score (nSPS) is 12.3. The second-order valence-electron chi connectivity index (χ2n) is 6.03. The Morgan fingerprint density at radius 2 is 1.55 bits per heavy atom. The predicted octanol–water partition coefficient (Wildman–Crippen LogP) is 5.02. The van der Waals surface area contributed by atoms with Gasteiger partial charge < -0.3 is 5.73 Å². The minimum Gasteiger partial charge on any atom is -0.382 e. The molecule has 0 saturated heterocycles. The number of hydrogen-bond acceptors (Lipinski definition) is 2. The molecule has 0 aromatic heterocycles. The lowest BCUT2D eigenvalue weighted by Crippen LogP contribution is -2.16. The van der Waals surface area contributed by atoms with Crippen molar-refractivity contribution in [1.82, 2.24) is 0 Å². The minimum atomic E-state index is 0.105.